The Kier molecular flexibility index (Phi) is 5.75. The Morgan fingerprint density at radius 1 is 1.61 bits per heavy atom. The van der Waals surface area contributed by atoms with E-state index in [1.807, 2.05) is 6.26 Å². The van der Waals surface area contributed by atoms with Gasteiger partial charge in [0.1, 0.15) is 11.5 Å². The molecule has 4 nitrogen and oxygen atoms in total. The van der Waals surface area contributed by atoms with Crippen LogP contribution >= 0.6 is 23.4 Å². The highest BCUT2D eigenvalue weighted by Gasteiger charge is 2.22. The van der Waals surface area contributed by atoms with E-state index in [1.165, 1.54) is 0 Å². The highest BCUT2D eigenvalue weighted by molar-refractivity contribution is 7.98. The largest absolute Gasteiger partial charge is 0.384 e. The van der Waals surface area contributed by atoms with Crippen LogP contribution in [-0.4, -0.2) is 40.9 Å². The molecule has 6 heteroatoms. The molecule has 1 heterocycles. The van der Waals surface area contributed by atoms with Crippen molar-refractivity contribution in [3.63, 3.8) is 0 Å². The number of aromatic nitrogens is 1. The van der Waals surface area contributed by atoms with Crippen LogP contribution in [0.5, 0.6) is 0 Å². The Hall–Kier alpha value is -0.940. The average Bonchev–Trinajstić information content (AvgIpc) is 2.37. The topological polar surface area (TPSA) is 59.2 Å². The van der Waals surface area contributed by atoms with Crippen molar-refractivity contribution < 1.29 is 4.79 Å². The van der Waals surface area contributed by atoms with E-state index in [9.17, 15) is 4.79 Å². The van der Waals surface area contributed by atoms with Crippen LogP contribution in [0.3, 0.4) is 0 Å². The maximum absolute atomic E-state index is 12.3. The van der Waals surface area contributed by atoms with Crippen molar-refractivity contribution >= 4 is 35.1 Å². The zero-order valence-electron chi connectivity index (χ0n) is 10.8. The van der Waals surface area contributed by atoms with Gasteiger partial charge in [0.05, 0.1) is 5.02 Å². The van der Waals surface area contributed by atoms with E-state index in [1.54, 1.807) is 35.8 Å². The van der Waals surface area contributed by atoms with E-state index in [2.05, 4.69) is 11.9 Å². The smallest absolute Gasteiger partial charge is 0.274 e. The summed E-state index contributed by atoms with van der Waals surface area (Å²) < 4.78 is 0. The van der Waals surface area contributed by atoms with Gasteiger partial charge in [-0.15, -0.1) is 0 Å². The SMILES string of the molecule is CCC(CSC)N(C)C(=O)c1nc(N)ccc1Cl. The van der Waals surface area contributed by atoms with Gasteiger partial charge < -0.3 is 10.6 Å². The van der Waals surface area contributed by atoms with Crippen LogP contribution in [0.25, 0.3) is 0 Å². The fourth-order valence-corrected chi connectivity index (χ4v) is 2.67. The predicted molar refractivity (Wildman–Crippen MR) is 78.2 cm³/mol. The first kappa shape index (κ1) is 15.1. The van der Waals surface area contributed by atoms with Crippen molar-refractivity contribution in [1.29, 1.82) is 0 Å². The first-order valence-corrected chi connectivity index (χ1v) is 7.46. The monoisotopic (exact) mass is 287 g/mol. The molecule has 0 fully saturated rings. The van der Waals surface area contributed by atoms with Crippen molar-refractivity contribution in [2.75, 3.05) is 24.8 Å². The van der Waals surface area contributed by atoms with E-state index in [0.717, 1.165) is 12.2 Å². The van der Waals surface area contributed by atoms with Crippen molar-refractivity contribution in [1.82, 2.24) is 9.88 Å². The zero-order valence-corrected chi connectivity index (χ0v) is 12.4. The van der Waals surface area contributed by atoms with Crippen LogP contribution in [0.1, 0.15) is 23.8 Å². The number of thioether (sulfide) groups is 1. The summed E-state index contributed by atoms with van der Waals surface area (Å²) in [5.41, 5.74) is 5.81. The molecule has 0 bridgehead atoms. The molecule has 1 amide bonds. The molecule has 0 aliphatic rings. The summed E-state index contributed by atoms with van der Waals surface area (Å²) in [7, 11) is 1.77. The molecule has 1 atom stereocenters. The molecule has 2 N–H and O–H groups in total. The number of nitrogens with two attached hydrogens (primary N) is 1. The Balaban J connectivity index is 2.95. The summed E-state index contributed by atoms with van der Waals surface area (Å²) in [5, 5.41) is 0.333. The number of carbonyl (C=O) groups is 1. The van der Waals surface area contributed by atoms with Crippen LogP contribution in [0.2, 0.25) is 5.02 Å². The minimum Gasteiger partial charge on any atom is -0.384 e. The van der Waals surface area contributed by atoms with Gasteiger partial charge in [-0.05, 0) is 24.8 Å². The Labute approximate surface area is 117 Å². The summed E-state index contributed by atoms with van der Waals surface area (Å²) in [6.45, 7) is 2.05. The number of hydrogen-bond acceptors (Lipinski definition) is 4. The van der Waals surface area contributed by atoms with Gasteiger partial charge >= 0.3 is 0 Å². The number of pyridine rings is 1. The van der Waals surface area contributed by atoms with E-state index in [-0.39, 0.29) is 17.6 Å². The molecule has 0 spiro atoms. The molecule has 0 aliphatic heterocycles. The van der Waals surface area contributed by atoms with Gasteiger partial charge in [0, 0.05) is 18.8 Å². The molecule has 1 unspecified atom stereocenters. The van der Waals surface area contributed by atoms with E-state index >= 15 is 0 Å². The normalized spacial score (nSPS) is 12.2. The number of halogens is 1. The van der Waals surface area contributed by atoms with E-state index < -0.39 is 0 Å². The quantitative estimate of drug-likeness (QED) is 0.904. The minimum atomic E-state index is -0.187. The van der Waals surface area contributed by atoms with Crippen molar-refractivity contribution in [3.05, 3.63) is 22.8 Å². The maximum atomic E-state index is 12.3. The fourth-order valence-electron chi connectivity index (χ4n) is 1.64. The van der Waals surface area contributed by atoms with E-state index in [4.69, 9.17) is 17.3 Å². The minimum absolute atomic E-state index is 0.173. The van der Waals surface area contributed by atoms with Crippen LogP contribution in [0, 0.1) is 0 Å². The molecular formula is C12H18ClN3OS. The standard InChI is InChI=1S/C12H18ClN3OS/c1-4-8(7-18-3)16(2)12(17)11-9(13)5-6-10(14)15-11/h5-6,8H,4,7H2,1-3H3,(H2,14,15). The summed E-state index contributed by atoms with van der Waals surface area (Å²) >= 11 is 7.70. The lowest BCUT2D eigenvalue weighted by molar-refractivity contribution is 0.0738. The highest BCUT2D eigenvalue weighted by atomic mass is 35.5. The van der Waals surface area contributed by atoms with Crippen LogP contribution < -0.4 is 5.73 Å². The molecule has 1 aromatic heterocycles. The third-order valence-electron chi connectivity index (χ3n) is 2.77. The molecule has 100 valence electrons. The number of hydrogen-bond donors (Lipinski definition) is 1. The number of nitrogen functional groups attached to an aromatic ring is 1. The highest BCUT2D eigenvalue weighted by Crippen LogP contribution is 2.19. The van der Waals surface area contributed by atoms with Crippen LogP contribution in [0.4, 0.5) is 5.82 Å². The molecule has 0 aromatic carbocycles. The first-order chi connectivity index (χ1) is 8.51. The third kappa shape index (κ3) is 3.53. The molecule has 1 rings (SSSR count). The van der Waals surface area contributed by atoms with Gasteiger partial charge in [0.25, 0.3) is 5.91 Å². The summed E-state index contributed by atoms with van der Waals surface area (Å²) in [4.78, 5) is 18.0. The number of carbonyl (C=O) groups excluding carboxylic acids is 1. The van der Waals surface area contributed by atoms with Crippen LogP contribution in [-0.2, 0) is 0 Å². The number of rotatable bonds is 5. The number of nitrogens with zero attached hydrogens (tertiary/aromatic N) is 2. The lowest BCUT2D eigenvalue weighted by Gasteiger charge is -2.26. The molecule has 18 heavy (non-hydrogen) atoms. The third-order valence-corrected chi connectivity index (χ3v) is 3.79. The van der Waals surface area contributed by atoms with Gasteiger partial charge in [-0.3, -0.25) is 4.79 Å². The van der Waals surface area contributed by atoms with E-state index in [0.29, 0.717) is 10.8 Å². The molecule has 0 aliphatic carbocycles. The van der Waals surface area contributed by atoms with Crippen LogP contribution in [0.15, 0.2) is 12.1 Å². The van der Waals surface area contributed by atoms with Crippen molar-refractivity contribution in [2.45, 2.75) is 19.4 Å². The Bertz CT molecular complexity index is 428. The summed E-state index contributed by atoms with van der Waals surface area (Å²) in [5.74, 6) is 1.00. The first-order valence-electron chi connectivity index (χ1n) is 5.69. The Morgan fingerprint density at radius 2 is 2.28 bits per heavy atom. The fraction of sp³-hybridized carbons (Fsp3) is 0.500. The molecule has 0 saturated carbocycles. The Morgan fingerprint density at radius 3 is 2.83 bits per heavy atom. The molecule has 0 radical (unpaired) electrons. The predicted octanol–water partition coefficient (Wildman–Crippen LogP) is 2.53. The zero-order chi connectivity index (χ0) is 13.7. The summed E-state index contributed by atoms with van der Waals surface area (Å²) in [6.07, 6.45) is 2.91. The molecular weight excluding hydrogens is 270 g/mol. The van der Waals surface area contributed by atoms with Gasteiger partial charge in [0.15, 0.2) is 0 Å². The lowest BCUT2D eigenvalue weighted by Crippen LogP contribution is -2.38. The number of amides is 1. The lowest BCUT2D eigenvalue weighted by atomic mass is 10.2. The second kappa shape index (κ2) is 6.85. The van der Waals surface area contributed by atoms with Gasteiger partial charge in [-0.25, -0.2) is 4.98 Å². The maximum Gasteiger partial charge on any atom is 0.274 e. The average molecular weight is 288 g/mol. The molecule has 0 saturated heterocycles. The number of anilines is 1. The summed E-state index contributed by atoms with van der Waals surface area (Å²) in [6, 6.07) is 3.35. The second-order valence-electron chi connectivity index (χ2n) is 4.00. The van der Waals surface area contributed by atoms with Crippen molar-refractivity contribution in [3.8, 4) is 0 Å². The van der Waals surface area contributed by atoms with Gasteiger partial charge in [-0.2, -0.15) is 11.8 Å². The van der Waals surface area contributed by atoms with Crippen molar-refractivity contribution in [2.24, 2.45) is 0 Å². The second-order valence-corrected chi connectivity index (χ2v) is 5.32. The molecule has 1 aromatic rings. The van der Waals surface area contributed by atoms with Gasteiger partial charge in [0.2, 0.25) is 0 Å². The van der Waals surface area contributed by atoms with Gasteiger partial charge in [-0.1, -0.05) is 18.5 Å².